The maximum Gasteiger partial charge on any atom is 0.231 e. The van der Waals surface area contributed by atoms with Gasteiger partial charge in [0.05, 0.1) is 4.47 Å². The first-order valence-corrected chi connectivity index (χ1v) is 5.79. The van der Waals surface area contributed by atoms with Crippen molar-refractivity contribution in [2.24, 2.45) is 5.73 Å². The van der Waals surface area contributed by atoms with Gasteiger partial charge in [0.1, 0.15) is 0 Å². The van der Waals surface area contributed by atoms with Gasteiger partial charge in [-0.2, -0.15) is 0 Å². The highest BCUT2D eigenvalue weighted by atomic mass is 79.9. The van der Waals surface area contributed by atoms with E-state index in [9.17, 15) is 0 Å². The first-order valence-electron chi connectivity index (χ1n) is 5.00. The Morgan fingerprint density at radius 1 is 1.40 bits per heavy atom. The highest BCUT2D eigenvalue weighted by Gasteiger charge is 2.42. The number of rotatable bonds is 1. The van der Waals surface area contributed by atoms with Crippen LogP contribution in [0.1, 0.15) is 24.0 Å². The van der Waals surface area contributed by atoms with Gasteiger partial charge in [0.25, 0.3) is 0 Å². The van der Waals surface area contributed by atoms with Crippen LogP contribution >= 0.6 is 15.9 Å². The summed E-state index contributed by atoms with van der Waals surface area (Å²) >= 11 is 3.54. The molecule has 0 amide bonds. The number of ether oxygens (including phenoxy) is 2. The molecule has 2 aliphatic rings. The van der Waals surface area contributed by atoms with Crippen molar-refractivity contribution in [1.82, 2.24) is 0 Å². The van der Waals surface area contributed by atoms with Gasteiger partial charge in [-0.15, -0.1) is 0 Å². The maximum atomic E-state index is 6.21. The van der Waals surface area contributed by atoms with Crippen molar-refractivity contribution in [3.63, 3.8) is 0 Å². The normalized spacial score (nSPS) is 20.5. The minimum Gasteiger partial charge on any atom is -0.454 e. The molecule has 3 nitrogen and oxygen atoms in total. The van der Waals surface area contributed by atoms with Crippen molar-refractivity contribution in [3.05, 3.63) is 21.7 Å². The third kappa shape index (κ3) is 1.28. The van der Waals surface area contributed by atoms with Crippen molar-refractivity contribution in [2.45, 2.75) is 25.3 Å². The lowest BCUT2D eigenvalue weighted by molar-refractivity contribution is 0.173. The third-order valence-corrected chi connectivity index (χ3v) is 4.13. The lowest BCUT2D eigenvalue weighted by Crippen LogP contribution is -2.20. The van der Waals surface area contributed by atoms with Crippen LogP contribution in [0.25, 0.3) is 0 Å². The van der Waals surface area contributed by atoms with E-state index in [0.29, 0.717) is 6.79 Å². The van der Waals surface area contributed by atoms with Gasteiger partial charge in [-0.3, -0.25) is 0 Å². The summed E-state index contributed by atoms with van der Waals surface area (Å²) in [6.07, 6.45) is 2.11. The van der Waals surface area contributed by atoms with Crippen molar-refractivity contribution >= 4 is 15.9 Å². The van der Waals surface area contributed by atoms with Gasteiger partial charge in [-0.1, -0.05) is 0 Å². The monoisotopic (exact) mass is 269 g/mol. The second-order valence-electron chi connectivity index (χ2n) is 4.25. The molecule has 0 aromatic heterocycles. The third-order valence-electron chi connectivity index (χ3n) is 3.17. The van der Waals surface area contributed by atoms with Gasteiger partial charge in [-0.05, 0) is 52.9 Å². The van der Waals surface area contributed by atoms with E-state index >= 15 is 0 Å². The Morgan fingerprint density at radius 2 is 2.13 bits per heavy atom. The standard InChI is InChI=1S/C11H12BrNO2/c1-6-7(11(13)2-3-11)4-8-10(9(6)12)15-5-14-8/h4H,2-3,5,13H2,1H3. The fourth-order valence-electron chi connectivity index (χ4n) is 2.02. The maximum absolute atomic E-state index is 6.21. The fourth-order valence-corrected chi connectivity index (χ4v) is 2.54. The van der Waals surface area contributed by atoms with E-state index in [4.69, 9.17) is 15.2 Å². The molecule has 0 bridgehead atoms. The Bertz CT molecular complexity index is 441. The second-order valence-corrected chi connectivity index (χ2v) is 5.05. The Balaban J connectivity index is 2.20. The van der Waals surface area contributed by atoms with Crippen LogP contribution in [0.2, 0.25) is 0 Å². The van der Waals surface area contributed by atoms with Gasteiger partial charge >= 0.3 is 0 Å². The smallest absolute Gasteiger partial charge is 0.231 e. The number of benzene rings is 1. The SMILES string of the molecule is Cc1c(C2(N)CC2)cc2c(c1Br)OCO2. The summed E-state index contributed by atoms with van der Waals surface area (Å²) < 4.78 is 11.8. The molecule has 1 aliphatic carbocycles. The van der Waals surface area contributed by atoms with E-state index in [1.807, 2.05) is 6.07 Å². The first-order chi connectivity index (χ1) is 7.12. The van der Waals surface area contributed by atoms with Crippen LogP contribution in [0.15, 0.2) is 10.5 Å². The molecule has 1 heterocycles. The molecule has 1 saturated carbocycles. The Labute approximate surface area is 96.7 Å². The van der Waals surface area contributed by atoms with Crippen molar-refractivity contribution in [3.8, 4) is 11.5 Å². The van der Waals surface area contributed by atoms with Crippen molar-refractivity contribution < 1.29 is 9.47 Å². The summed E-state index contributed by atoms with van der Waals surface area (Å²) in [6.45, 7) is 2.36. The number of fused-ring (bicyclic) bond motifs is 1. The zero-order valence-corrected chi connectivity index (χ0v) is 10.1. The van der Waals surface area contributed by atoms with Crippen molar-refractivity contribution in [1.29, 1.82) is 0 Å². The van der Waals surface area contributed by atoms with E-state index in [-0.39, 0.29) is 5.54 Å². The fraction of sp³-hybridized carbons (Fsp3) is 0.455. The van der Waals surface area contributed by atoms with Gasteiger partial charge in [0.2, 0.25) is 6.79 Å². The van der Waals surface area contributed by atoms with Crippen LogP contribution in [-0.2, 0) is 5.54 Å². The molecule has 80 valence electrons. The zero-order valence-electron chi connectivity index (χ0n) is 8.47. The molecule has 4 heteroatoms. The number of nitrogens with two attached hydrogens (primary N) is 1. The van der Waals surface area contributed by atoms with E-state index in [1.165, 1.54) is 11.1 Å². The molecule has 1 aliphatic heterocycles. The zero-order chi connectivity index (χ0) is 10.6. The predicted molar refractivity (Wildman–Crippen MR) is 60.1 cm³/mol. The summed E-state index contributed by atoms with van der Waals surface area (Å²) in [4.78, 5) is 0. The second kappa shape index (κ2) is 2.89. The molecule has 1 fully saturated rings. The molecule has 2 N–H and O–H groups in total. The lowest BCUT2D eigenvalue weighted by Gasteiger charge is -2.15. The van der Waals surface area contributed by atoms with Crippen molar-refractivity contribution in [2.75, 3.05) is 6.79 Å². The minimum atomic E-state index is -0.131. The predicted octanol–water partition coefficient (Wildman–Crippen LogP) is 2.43. The number of hydrogen-bond donors (Lipinski definition) is 1. The van der Waals surface area contributed by atoms with Gasteiger partial charge in [0.15, 0.2) is 11.5 Å². The quantitative estimate of drug-likeness (QED) is 0.852. The molecule has 15 heavy (non-hydrogen) atoms. The lowest BCUT2D eigenvalue weighted by atomic mass is 9.99. The largest absolute Gasteiger partial charge is 0.454 e. The molecule has 0 radical (unpaired) electrons. The van der Waals surface area contributed by atoms with E-state index in [0.717, 1.165) is 28.8 Å². The molecule has 0 saturated heterocycles. The van der Waals surface area contributed by atoms with E-state index < -0.39 is 0 Å². The molecule has 0 atom stereocenters. The van der Waals surface area contributed by atoms with Gasteiger partial charge < -0.3 is 15.2 Å². The molecule has 1 aromatic rings. The summed E-state index contributed by atoms with van der Waals surface area (Å²) in [5.41, 5.74) is 8.43. The van der Waals surface area contributed by atoms with Crippen LogP contribution in [0.3, 0.4) is 0 Å². The average Bonchev–Trinajstić information content (AvgIpc) is 2.80. The Hall–Kier alpha value is -0.740. The van der Waals surface area contributed by atoms with E-state index in [2.05, 4.69) is 22.9 Å². The molecule has 3 rings (SSSR count). The highest BCUT2D eigenvalue weighted by Crippen LogP contribution is 2.50. The summed E-state index contributed by atoms with van der Waals surface area (Å²) in [6, 6.07) is 2.02. The Morgan fingerprint density at radius 3 is 2.80 bits per heavy atom. The summed E-state index contributed by atoms with van der Waals surface area (Å²) in [5.74, 6) is 1.61. The summed E-state index contributed by atoms with van der Waals surface area (Å²) in [7, 11) is 0. The van der Waals surface area contributed by atoms with Crippen LogP contribution in [0, 0.1) is 6.92 Å². The molecule has 0 spiro atoms. The molecular formula is C11H12BrNO2. The molecule has 0 unspecified atom stereocenters. The molecular weight excluding hydrogens is 258 g/mol. The highest BCUT2D eigenvalue weighted by molar-refractivity contribution is 9.10. The van der Waals surface area contributed by atoms with Gasteiger partial charge in [0, 0.05) is 5.54 Å². The molecule has 1 aromatic carbocycles. The summed E-state index contributed by atoms with van der Waals surface area (Å²) in [5, 5.41) is 0. The van der Waals surface area contributed by atoms with E-state index in [1.54, 1.807) is 0 Å². The topological polar surface area (TPSA) is 44.5 Å². The van der Waals surface area contributed by atoms with Crippen LogP contribution in [-0.4, -0.2) is 6.79 Å². The average molecular weight is 270 g/mol. The van der Waals surface area contributed by atoms with Crippen LogP contribution in [0.5, 0.6) is 11.5 Å². The minimum absolute atomic E-state index is 0.131. The van der Waals surface area contributed by atoms with Gasteiger partial charge in [-0.25, -0.2) is 0 Å². The first kappa shape index (κ1) is 9.48. The number of hydrogen-bond acceptors (Lipinski definition) is 3. The van der Waals surface area contributed by atoms with Crippen LogP contribution in [0.4, 0.5) is 0 Å². The Kier molecular flexibility index (Phi) is 1.83. The number of halogens is 1. The van der Waals surface area contributed by atoms with Crippen LogP contribution < -0.4 is 15.2 Å².